The van der Waals surface area contributed by atoms with Gasteiger partial charge in [-0.1, -0.05) is 13.8 Å². The molecule has 1 aliphatic rings. The summed E-state index contributed by atoms with van der Waals surface area (Å²) in [5.41, 5.74) is 2.93. The number of aromatic nitrogens is 4. The van der Waals surface area contributed by atoms with Gasteiger partial charge < -0.3 is 9.47 Å². The minimum absolute atomic E-state index is 0.0167. The Bertz CT molecular complexity index is 850. The normalized spacial score (nSPS) is 18.1. The van der Waals surface area contributed by atoms with E-state index in [1.54, 1.807) is 0 Å². The fourth-order valence-corrected chi connectivity index (χ4v) is 3.06. The van der Waals surface area contributed by atoms with Crippen LogP contribution in [-0.4, -0.2) is 39.8 Å². The first-order valence-corrected chi connectivity index (χ1v) is 8.32. The third kappa shape index (κ3) is 3.01. The van der Waals surface area contributed by atoms with Crippen molar-refractivity contribution in [2.24, 2.45) is 5.41 Å². The number of H-pyrrole nitrogens is 1. The van der Waals surface area contributed by atoms with Gasteiger partial charge in [0.05, 0.1) is 24.9 Å². The molecule has 6 nitrogen and oxygen atoms in total. The highest BCUT2D eigenvalue weighted by molar-refractivity contribution is 5.93. The van der Waals surface area contributed by atoms with Crippen molar-refractivity contribution in [2.45, 2.75) is 26.8 Å². The van der Waals surface area contributed by atoms with E-state index in [4.69, 9.17) is 9.47 Å². The maximum absolute atomic E-state index is 5.86. The SMILES string of the molecule is CC1(C)COCCCOc2ccc3[nH]nc(c3c2)-c2cnn(c2)C1. The smallest absolute Gasteiger partial charge is 0.120 e. The zero-order valence-corrected chi connectivity index (χ0v) is 14.1. The number of ether oxygens (including phenoxy) is 2. The highest BCUT2D eigenvalue weighted by Crippen LogP contribution is 2.30. The fourth-order valence-electron chi connectivity index (χ4n) is 3.06. The van der Waals surface area contributed by atoms with E-state index >= 15 is 0 Å². The molecule has 0 spiro atoms. The minimum atomic E-state index is 0.0167. The third-order valence-electron chi connectivity index (χ3n) is 4.23. The molecule has 4 bridgehead atoms. The number of fused-ring (bicyclic) bond motifs is 4. The number of rotatable bonds is 0. The van der Waals surface area contributed by atoms with Crippen molar-refractivity contribution in [2.75, 3.05) is 19.8 Å². The summed E-state index contributed by atoms with van der Waals surface area (Å²) in [7, 11) is 0. The summed E-state index contributed by atoms with van der Waals surface area (Å²) < 4.78 is 13.7. The van der Waals surface area contributed by atoms with E-state index in [-0.39, 0.29) is 5.41 Å². The van der Waals surface area contributed by atoms with Gasteiger partial charge in [-0.15, -0.1) is 0 Å². The molecule has 2 aromatic heterocycles. The first kappa shape index (κ1) is 15.2. The Hall–Kier alpha value is -2.34. The number of hydrogen-bond acceptors (Lipinski definition) is 4. The molecule has 6 heteroatoms. The Morgan fingerprint density at radius 1 is 1.25 bits per heavy atom. The molecule has 3 aromatic rings. The van der Waals surface area contributed by atoms with Gasteiger partial charge in [0.1, 0.15) is 11.4 Å². The lowest BCUT2D eigenvalue weighted by Gasteiger charge is -2.24. The molecular weight excluding hydrogens is 304 g/mol. The summed E-state index contributed by atoms with van der Waals surface area (Å²) >= 11 is 0. The van der Waals surface area contributed by atoms with Gasteiger partial charge in [0.15, 0.2) is 0 Å². The van der Waals surface area contributed by atoms with Crippen LogP contribution in [0.1, 0.15) is 20.3 Å². The molecule has 0 saturated carbocycles. The van der Waals surface area contributed by atoms with Crippen molar-refractivity contribution >= 4 is 10.9 Å². The number of hydrogen-bond donors (Lipinski definition) is 1. The Morgan fingerprint density at radius 2 is 2.17 bits per heavy atom. The van der Waals surface area contributed by atoms with Crippen molar-refractivity contribution in [1.29, 1.82) is 0 Å². The standard InChI is InChI=1S/C18H22N4O2/c1-18(2)11-22-10-13(9-19-22)17-15-8-14(4-5-16(15)20-21-17)24-7-3-6-23-12-18/h4-5,8-10H,3,6-7,11-12H2,1-2H3,(H,20,21). The maximum atomic E-state index is 5.86. The van der Waals surface area contributed by atoms with Crippen LogP contribution in [0.15, 0.2) is 30.6 Å². The van der Waals surface area contributed by atoms with E-state index in [2.05, 4.69) is 29.1 Å². The Morgan fingerprint density at radius 3 is 3.08 bits per heavy atom. The van der Waals surface area contributed by atoms with Crippen molar-refractivity contribution < 1.29 is 9.47 Å². The van der Waals surface area contributed by atoms with Crippen LogP contribution in [-0.2, 0) is 11.3 Å². The van der Waals surface area contributed by atoms with Gasteiger partial charge in [0, 0.05) is 42.1 Å². The first-order chi connectivity index (χ1) is 11.6. The van der Waals surface area contributed by atoms with Crippen LogP contribution < -0.4 is 4.74 Å². The van der Waals surface area contributed by atoms with Crippen molar-refractivity contribution in [1.82, 2.24) is 20.0 Å². The number of nitrogens with one attached hydrogen (secondary N) is 1. The van der Waals surface area contributed by atoms with Crippen LogP contribution in [0.2, 0.25) is 0 Å². The molecule has 1 N–H and O–H groups in total. The quantitative estimate of drug-likeness (QED) is 0.689. The minimum Gasteiger partial charge on any atom is -0.493 e. The molecule has 0 unspecified atom stereocenters. The highest BCUT2D eigenvalue weighted by Gasteiger charge is 2.21. The molecule has 3 heterocycles. The van der Waals surface area contributed by atoms with Gasteiger partial charge in [-0.05, 0) is 18.2 Å². The average molecular weight is 326 g/mol. The topological polar surface area (TPSA) is 65.0 Å². The molecule has 0 saturated heterocycles. The van der Waals surface area contributed by atoms with Gasteiger partial charge in [0.2, 0.25) is 0 Å². The maximum Gasteiger partial charge on any atom is 0.120 e. The van der Waals surface area contributed by atoms with Crippen LogP contribution in [0.25, 0.3) is 22.2 Å². The zero-order chi connectivity index (χ0) is 16.6. The molecule has 126 valence electrons. The van der Waals surface area contributed by atoms with Crippen molar-refractivity contribution in [3.05, 3.63) is 30.6 Å². The van der Waals surface area contributed by atoms with Crippen LogP contribution >= 0.6 is 0 Å². The van der Waals surface area contributed by atoms with Gasteiger partial charge in [0.25, 0.3) is 0 Å². The second kappa shape index (κ2) is 5.94. The summed E-state index contributed by atoms with van der Waals surface area (Å²) in [4.78, 5) is 0. The van der Waals surface area contributed by atoms with E-state index in [0.29, 0.717) is 19.8 Å². The molecular formula is C18H22N4O2. The second-order valence-corrected chi connectivity index (χ2v) is 7.13. The van der Waals surface area contributed by atoms with E-state index in [1.807, 2.05) is 35.3 Å². The Kier molecular flexibility index (Phi) is 3.76. The van der Waals surface area contributed by atoms with Crippen LogP contribution in [0.3, 0.4) is 0 Å². The number of benzene rings is 1. The molecule has 1 aromatic carbocycles. The van der Waals surface area contributed by atoms with Crippen molar-refractivity contribution in [3.63, 3.8) is 0 Å². The monoisotopic (exact) mass is 326 g/mol. The summed E-state index contributed by atoms with van der Waals surface area (Å²) in [6.45, 7) is 7.24. The van der Waals surface area contributed by atoms with E-state index in [9.17, 15) is 0 Å². The molecule has 1 aliphatic heterocycles. The second-order valence-electron chi connectivity index (χ2n) is 7.13. The summed E-state index contributed by atoms with van der Waals surface area (Å²) in [5.74, 6) is 0.854. The average Bonchev–Trinajstić information content (AvgIpc) is 3.15. The van der Waals surface area contributed by atoms with Gasteiger partial charge in [-0.2, -0.15) is 10.2 Å². The zero-order valence-electron chi connectivity index (χ0n) is 14.1. The predicted octanol–water partition coefficient (Wildman–Crippen LogP) is 3.25. The van der Waals surface area contributed by atoms with Crippen LogP contribution in [0.4, 0.5) is 0 Å². The molecule has 0 radical (unpaired) electrons. The summed E-state index contributed by atoms with van der Waals surface area (Å²) in [5, 5.41) is 13.1. The predicted molar refractivity (Wildman–Crippen MR) is 92.0 cm³/mol. The molecule has 0 amide bonds. The molecule has 4 rings (SSSR count). The largest absolute Gasteiger partial charge is 0.493 e. The summed E-state index contributed by atoms with van der Waals surface area (Å²) in [6, 6.07) is 6.01. The van der Waals surface area contributed by atoms with Gasteiger partial charge in [-0.25, -0.2) is 0 Å². The van der Waals surface area contributed by atoms with E-state index < -0.39 is 0 Å². The lowest BCUT2D eigenvalue weighted by Crippen LogP contribution is -2.26. The van der Waals surface area contributed by atoms with Crippen LogP contribution in [0.5, 0.6) is 5.75 Å². The number of nitrogens with zero attached hydrogens (tertiary/aromatic N) is 3. The summed E-state index contributed by atoms with van der Waals surface area (Å²) in [6.07, 6.45) is 4.79. The fraction of sp³-hybridized carbons (Fsp3) is 0.444. The Balaban J connectivity index is 1.76. The highest BCUT2D eigenvalue weighted by atomic mass is 16.5. The number of aromatic amines is 1. The van der Waals surface area contributed by atoms with Crippen molar-refractivity contribution in [3.8, 4) is 17.0 Å². The Labute approximate surface area is 140 Å². The molecule has 0 atom stereocenters. The van der Waals surface area contributed by atoms with Gasteiger partial charge in [-0.3, -0.25) is 9.78 Å². The van der Waals surface area contributed by atoms with E-state index in [1.165, 1.54) is 0 Å². The first-order valence-electron chi connectivity index (χ1n) is 8.32. The molecule has 0 fully saturated rings. The van der Waals surface area contributed by atoms with Gasteiger partial charge >= 0.3 is 0 Å². The van der Waals surface area contributed by atoms with Crippen LogP contribution in [0, 0.1) is 5.41 Å². The van der Waals surface area contributed by atoms with E-state index in [0.717, 1.165) is 40.9 Å². The lowest BCUT2D eigenvalue weighted by molar-refractivity contribution is 0.0451. The lowest BCUT2D eigenvalue weighted by atomic mass is 9.95. The third-order valence-corrected chi connectivity index (χ3v) is 4.23. The molecule has 24 heavy (non-hydrogen) atoms. The molecule has 0 aliphatic carbocycles.